The minimum atomic E-state index is -0.606. The van der Waals surface area contributed by atoms with Crippen LogP contribution >= 0.6 is 0 Å². The number of hydrogen-bond donors (Lipinski definition) is 1. The van der Waals surface area contributed by atoms with Gasteiger partial charge in [-0.25, -0.2) is 0 Å². The lowest BCUT2D eigenvalue weighted by atomic mass is 10.1. The number of anilines is 1. The summed E-state index contributed by atoms with van der Waals surface area (Å²) < 4.78 is 5.50. The number of fused-ring (bicyclic) bond motifs is 1. The fourth-order valence-electron chi connectivity index (χ4n) is 3.03. The minimum absolute atomic E-state index is 0.00495. The van der Waals surface area contributed by atoms with E-state index in [1.165, 1.54) is 23.4 Å². The van der Waals surface area contributed by atoms with Crippen molar-refractivity contribution in [1.82, 2.24) is 5.01 Å². The van der Waals surface area contributed by atoms with Crippen molar-refractivity contribution in [3.05, 3.63) is 93.9 Å². The Balaban J connectivity index is 1.73. The first kappa shape index (κ1) is 17.5. The molecule has 2 heterocycles. The number of carbonyl (C=O) groups excluding carboxylic acids is 1. The molecule has 1 unspecified atom stereocenters. The van der Waals surface area contributed by atoms with Crippen LogP contribution in [0, 0.1) is 10.1 Å². The molecule has 0 aliphatic carbocycles. The van der Waals surface area contributed by atoms with E-state index in [0.29, 0.717) is 28.3 Å². The Morgan fingerprint density at radius 3 is 2.57 bits per heavy atom. The van der Waals surface area contributed by atoms with Crippen molar-refractivity contribution in [3.8, 4) is 0 Å². The van der Waals surface area contributed by atoms with Gasteiger partial charge >= 0.3 is 0 Å². The number of para-hydroxylation sites is 1. The maximum Gasteiger partial charge on any atom is 0.278 e. The summed E-state index contributed by atoms with van der Waals surface area (Å²) in [6.07, 6.45) is 0.929. The Labute approximate surface area is 160 Å². The predicted octanol–water partition coefficient (Wildman–Crippen LogP) is 4.18. The number of rotatable bonds is 4. The molecule has 0 radical (unpaired) electrons. The van der Waals surface area contributed by atoms with Crippen LogP contribution in [-0.4, -0.2) is 21.6 Å². The van der Waals surface area contributed by atoms with Crippen molar-refractivity contribution in [1.29, 1.82) is 0 Å². The summed E-state index contributed by atoms with van der Waals surface area (Å²) in [6.45, 7) is 1.74. The average Bonchev–Trinajstić information content (AvgIpc) is 3.24. The molecule has 140 valence electrons. The summed E-state index contributed by atoms with van der Waals surface area (Å²) >= 11 is 0. The zero-order valence-electron chi connectivity index (χ0n) is 14.9. The highest BCUT2D eigenvalue weighted by atomic mass is 16.6. The second kappa shape index (κ2) is 6.99. The van der Waals surface area contributed by atoms with E-state index in [4.69, 9.17) is 4.42 Å². The van der Waals surface area contributed by atoms with Crippen LogP contribution in [0.3, 0.4) is 0 Å². The zero-order valence-corrected chi connectivity index (χ0v) is 14.9. The Kier molecular flexibility index (Phi) is 4.36. The van der Waals surface area contributed by atoms with Crippen molar-refractivity contribution < 1.29 is 14.1 Å². The molecule has 1 aromatic heterocycles. The number of benzene rings is 2. The quantitative estimate of drug-likeness (QED) is 0.418. The standard InChI is InChI=1S/C20H16N4O4/c1-13(14-8-10-15(11-9-14)24(26)27)22-23-19(18-7-4-12-28-18)21-17-6-3-2-5-16(17)20(23)25/h2-12,19,21H,1H3/b22-13+. The molecule has 0 fully saturated rings. The van der Waals surface area contributed by atoms with E-state index in [2.05, 4.69) is 10.4 Å². The van der Waals surface area contributed by atoms with E-state index < -0.39 is 11.1 Å². The van der Waals surface area contributed by atoms with Crippen LogP contribution in [0.4, 0.5) is 11.4 Å². The number of carbonyl (C=O) groups is 1. The molecule has 0 saturated heterocycles. The highest BCUT2D eigenvalue weighted by Crippen LogP contribution is 2.33. The Morgan fingerprint density at radius 2 is 1.89 bits per heavy atom. The van der Waals surface area contributed by atoms with E-state index in [1.807, 2.05) is 12.1 Å². The van der Waals surface area contributed by atoms with Gasteiger partial charge in [0, 0.05) is 17.8 Å². The highest BCUT2D eigenvalue weighted by molar-refractivity contribution is 6.04. The third kappa shape index (κ3) is 3.11. The first-order valence-electron chi connectivity index (χ1n) is 8.57. The number of amides is 1. The largest absolute Gasteiger partial charge is 0.465 e. The van der Waals surface area contributed by atoms with Gasteiger partial charge in [0.2, 0.25) is 0 Å². The van der Waals surface area contributed by atoms with Gasteiger partial charge in [-0.1, -0.05) is 12.1 Å². The minimum Gasteiger partial charge on any atom is -0.465 e. The van der Waals surface area contributed by atoms with E-state index in [-0.39, 0.29) is 11.6 Å². The van der Waals surface area contributed by atoms with Crippen LogP contribution < -0.4 is 5.32 Å². The number of nitrogens with zero attached hydrogens (tertiary/aromatic N) is 3. The third-order valence-corrected chi connectivity index (χ3v) is 4.47. The Bertz CT molecular complexity index is 1060. The molecule has 8 nitrogen and oxygen atoms in total. The van der Waals surface area contributed by atoms with Gasteiger partial charge in [0.05, 0.1) is 22.5 Å². The molecule has 8 heteroatoms. The van der Waals surface area contributed by atoms with Gasteiger partial charge in [-0.05, 0) is 48.9 Å². The summed E-state index contributed by atoms with van der Waals surface area (Å²) in [5.41, 5.74) is 2.42. The summed E-state index contributed by atoms with van der Waals surface area (Å²) in [4.78, 5) is 23.5. The lowest BCUT2D eigenvalue weighted by molar-refractivity contribution is -0.384. The van der Waals surface area contributed by atoms with Crippen molar-refractivity contribution in [2.45, 2.75) is 13.1 Å². The maximum atomic E-state index is 13.1. The summed E-state index contributed by atoms with van der Waals surface area (Å²) in [6, 6.07) is 16.7. The number of non-ortho nitro benzene ring substituents is 1. The average molecular weight is 376 g/mol. The number of hydrazone groups is 1. The first-order valence-corrected chi connectivity index (χ1v) is 8.57. The molecule has 1 aliphatic rings. The van der Waals surface area contributed by atoms with Gasteiger partial charge in [-0.3, -0.25) is 14.9 Å². The van der Waals surface area contributed by atoms with Gasteiger partial charge < -0.3 is 9.73 Å². The summed E-state index contributed by atoms with van der Waals surface area (Å²) in [5.74, 6) is 0.278. The predicted molar refractivity (Wildman–Crippen MR) is 103 cm³/mol. The van der Waals surface area contributed by atoms with Crippen LogP contribution in [0.1, 0.15) is 34.8 Å². The van der Waals surface area contributed by atoms with Crippen molar-refractivity contribution in [2.75, 3.05) is 5.32 Å². The third-order valence-electron chi connectivity index (χ3n) is 4.47. The first-order chi connectivity index (χ1) is 13.5. The van der Waals surface area contributed by atoms with Crippen LogP contribution in [0.2, 0.25) is 0 Å². The maximum absolute atomic E-state index is 13.1. The number of furan rings is 1. The topological polar surface area (TPSA) is 101 Å². The van der Waals surface area contributed by atoms with Crippen molar-refractivity contribution in [2.24, 2.45) is 5.10 Å². The van der Waals surface area contributed by atoms with Gasteiger partial charge in [0.1, 0.15) is 5.76 Å². The molecular formula is C20H16N4O4. The van der Waals surface area contributed by atoms with E-state index in [9.17, 15) is 14.9 Å². The molecule has 28 heavy (non-hydrogen) atoms. The second-order valence-corrected chi connectivity index (χ2v) is 6.25. The van der Waals surface area contributed by atoms with Crippen LogP contribution in [0.25, 0.3) is 0 Å². The molecule has 0 spiro atoms. The van der Waals surface area contributed by atoms with E-state index in [1.54, 1.807) is 43.3 Å². The molecule has 1 amide bonds. The van der Waals surface area contributed by atoms with E-state index in [0.717, 1.165) is 0 Å². The zero-order chi connectivity index (χ0) is 19.7. The summed E-state index contributed by atoms with van der Waals surface area (Å²) in [5, 5.41) is 20.0. The monoisotopic (exact) mass is 376 g/mol. The van der Waals surface area contributed by atoms with Crippen LogP contribution in [-0.2, 0) is 0 Å². The lowest BCUT2D eigenvalue weighted by Gasteiger charge is -2.33. The molecule has 0 saturated carbocycles. The molecule has 1 atom stereocenters. The molecule has 1 aliphatic heterocycles. The van der Waals surface area contributed by atoms with Gasteiger partial charge in [-0.15, -0.1) is 0 Å². The second-order valence-electron chi connectivity index (χ2n) is 6.25. The van der Waals surface area contributed by atoms with Gasteiger partial charge in [0.15, 0.2) is 6.17 Å². The normalized spacial score (nSPS) is 16.5. The number of nitro groups is 1. The molecule has 1 N–H and O–H groups in total. The Hall–Kier alpha value is -3.94. The fraction of sp³-hybridized carbons (Fsp3) is 0.100. The van der Waals surface area contributed by atoms with Gasteiger partial charge in [0.25, 0.3) is 11.6 Å². The smallest absolute Gasteiger partial charge is 0.278 e. The fourth-order valence-corrected chi connectivity index (χ4v) is 3.03. The van der Waals surface area contributed by atoms with Crippen LogP contribution in [0.15, 0.2) is 76.4 Å². The lowest BCUT2D eigenvalue weighted by Crippen LogP contribution is -2.40. The SMILES string of the molecule is C/C(=N\N1C(=O)c2ccccc2NC1c1ccco1)c1ccc([N+](=O)[O-])cc1. The van der Waals surface area contributed by atoms with E-state index >= 15 is 0 Å². The number of nitrogens with one attached hydrogen (secondary N) is 1. The molecule has 2 aromatic carbocycles. The van der Waals surface area contributed by atoms with Crippen molar-refractivity contribution >= 4 is 23.0 Å². The molecule has 4 rings (SSSR count). The highest BCUT2D eigenvalue weighted by Gasteiger charge is 2.34. The molecule has 3 aromatic rings. The molecular weight excluding hydrogens is 360 g/mol. The Morgan fingerprint density at radius 1 is 1.14 bits per heavy atom. The van der Waals surface area contributed by atoms with Crippen LogP contribution in [0.5, 0.6) is 0 Å². The van der Waals surface area contributed by atoms with Crippen molar-refractivity contribution in [3.63, 3.8) is 0 Å². The summed E-state index contributed by atoms with van der Waals surface area (Å²) in [7, 11) is 0. The number of nitro benzene ring substituents is 1. The number of hydrogen-bond acceptors (Lipinski definition) is 6. The molecule has 0 bridgehead atoms. The van der Waals surface area contributed by atoms with Gasteiger partial charge in [-0.2, -0.15) is 10.1 Å².